The van der Waals surface area contributed by atoms with Gasteiger partial charge in [-0.25, -0.2) is 0 Å². The number of hydrogen-bond donors (Lipinski definition) is 0. The summed E-state index contributed by atoms with van der Waals surface area (Å²) in [6, 6.07) is 0.725. The Morgan fingerprint density at radius 2 is 1.87 bits per heavy atom. The predicted molar refractivity (Wildman–Crippen MR) is 71.7 cm³/mol. The van der Waals surface area contributed by atoms with Gasteiger partial charge in [0.15, 0.2) is 0 Å². The van der Waals surface area contributed by atoms with Crippen LogP contribution in [0.4, 0.5) is 0 Å². The fraction of sp³-hybridized carbons (Fsp3) is 1.00. The van der Waals surface area contributed by atoms with Gasteiger partial charge in [0.1, 0.15) is 0 Å². The number of alkyl halides is 1. The van der Waals surface area contributed by atoms with Crippen LogP contribution in [0.5, 0.6) is 0 Å². The summed E-state index contributed by atoms with van der Waals surface area (Å²) in [5.41, 5.74) is 0.566. The van der Waals surface area contributed by atoms with Crippen LogP contribution in [0, 0.1) is 5.41 Å². The van der Waals surface area contributed by atoms with Gasteiger partial charge in [0.2, 0.25) is 0 Å². The van der Waals surface area contributed by atoms with Crippen molar-refractivity contribution in [1.82, 2.24) is 4.90 Å². The van der Waals surface area contributed by atoms with Crippen LogP contribution in [0.15, 0.2) is 0 Å². The highest BCUT2D eigenvalue weighted by Gasteiger charge is 2.32. The third-order valence-electron chi connectivity index (χ3n) is 4.13. The van der Waals surface area contributed by atoms with Crippen LogP contribution in [0.2, 0.25) is 0 Å². The standard InChI is InChI=1S/C13H26BrN/c1-4-12(2)15(3)11-13(10-14)8-6-5-7-9-13/h12H,4-11H2,1-3H3. The normalized spacial score (nSPS) is 23.0. The summed E-state index contributed by atoms with van der Waals surface area (Å²) in [5, 5.41) is 1.18. The molecule has 1 nitrogen and oxygen atoms in total. The molecule has 1 fully saturated rings. The van der Waals surface area contributed by atoms with Crippen molar-refractivity contribution in [2.45, 2.75) is 58.4 Å². The lowest BCUT2D eigenvalue weighted by atomic mass is 9.75. The SMILES string of the molecule is CCC(C)N(C)CC1(CBr)CCCCC1. The van der Waals surface area contributed by atoms with E-state index in [-0.39, 0.29) is 0 Å². The summed E-state index contributed by atoms with van der Waals surface area (Å²) in [4.78, 5) is 2.55. The van der Waals surface area contributed by atoms with Gasteiger partial charge in [0.05, 0.1) is 0 Å². The van der Waals surface area contributed by atoms with E-state index >= 15 is 0 Å². The first-order valence-electron chi connectivity index (χ1n) is 6.40. The van der Waals surface area contributed by atoms with Crippen LogP contribution in [-0.4, -0.2) is 29.9 Å². The molecular weight excluding hydrogens is 250 g/mol. The molecule has 1 saturated carbocycles. The predicted octanol–water partition coefficient (Wildman–Crippen LogP) is 4.06. The Bertz CT molecular complexity index is 175. The molecule has 1 rings (SSSR count). The van der Waals surface area contributed by atoms with Crippen molar-refractivity contribution in [2.24, 2.45) is 5.41 Å². The molecule has 1 unspecified atom stereocenters. The van der Waals surface area contributed by atoms with Crippen molar-refractivity contribution in [3.05, 3.63) is 0 Å². The molecule has 0 bridgehead atoms. The largest absolute Gasteiger partial charge is 0.303 e. The fourth-order valence-corrected chi connectivity index (χ4v) is 3.37. The van der Waals surface area contributed by atoms with Crippen LogP contribution in [-0.2, 0) is 0 Å². The van der Waals surface area contributed by atoms with E-state index in [0.29, 0.717) is 5.41 Å². The molecule has 0 spiro atoms. The lowest BCUT2D eigenvalue weighted by Crippen LogP contribution is -2.42. The van der Waals surface area contributed by atoms with Crippen LogP contribution in [0.3, 0.4) is 0 Å². The second kappa shape index (κ2) is 6.24. The molecule has 0 heterocycles. The van der Waals surface area contributed by atoms with Crippen molar-refractivity contribution < 1.29 is 0 Å². The minimum Gasteiger partial charge on any atom is -0.303 e. The number of nitrogens with zero attached hydrogens (tertiary/aromatic N) is 1. The molecule has 0 radical (unpaired) electrons. The molecule has 1 aliphatic rings. The topological polar surface area (TPSA) is 3.24 Å². The van der Waals surface area contributed by atoms with Crippen molar-refractivity contribution in [3.63, 3.8) is 0 Å². The molecule has 0 saturated heterocycles. The van der Waals surface area contributed by atoms with E-state index in [1.54, 1.807) is 0 Å². The minimum absolute atomic E-state index is 0.566. The van der Waals surface area contributed by atoms with Crippen LogP contribution >= 0.6 is 15.9 Å². The minimum atomic E-state index is 0.566. The molecule has 0 N–H and O–H groups in total. The van der Waals surface area contributed by atoms with Crippen LogP contribution in [0.1, 0.15) is 52.4 Å². The monoisotopic (exact) mass is 275 g/mol. The lowest BCUT2D eigenvalue weighted by molar-refractivity contribution is 0.119. The van der Waals surface area contributed by atoms with Gasteiger partial charge >= 0.3 is 0 Å². The molecule has 0 aromatic carbocycles. The Kier molecular flexibility index (Phi) is 5.62. The van der Waals surface area contributed by atoms with E-state index in [0.717, 1.165) is 6.04 Å². The zero-order valence-corrected chi connectivity index (χ0v) is 12.1. The summed E-state index contributed by atoms with van der Waals surface area (Å²) in [5.74, 6) is 0. The highest BCUT2D eigenvalue weighted by molar-refractivity contribution is 9.09. The van der Waals surface area contributed by atoms with Crippen LogP contribution < -0.4 is 0 Å². The first kappa shape index (κ1) is 13.5. The molecule has 0 amide bonds. The first-order chi connectivity index (χ1) is 7.13. The molecule has 0 aliphatic heterocycles. The Morgan fingerprint density at radius 3 is 2.33 bits per heavy atom. The maximum atomic E-state index is 3.74. The Hall–Kier alpha value is 0.440. The summed E-state index contributed by atoms with van der Waals surface area (Å²) in [6.45, 7) is 5.89. The fourth-order valence-electron chi connectivity index (χ4n) is 2.63. The second-order valence-electron chi connectivity index (χ2n) is 5.37. The van der Waals surface area contributed by atoms with Crippen LogP contribution in [0.25, 0.3) is 0 Å². The highest BCUT2D eigenvalue weighted by Crippen LogP contribution is 2.38. The average Bonchev–Trinajstić information content (AvgIpc) is 2.29. The average molecular weight is 276 g/mol. The molecule has 15 heavy (non-hydrogen) atoms. The Balaban J connectivity index is 2.51. The van der Waals surface area contributed by atoms with E-state index in [2.05, 4.69) is 41.7 Å². The summed E-state index contributed by atoms with van der Waals surface area (Å²) in [7, 11) is 2.28. The smallest absolute Gasteiger partial charge is 0.0100 e. The Labute approximate surface area is 104 Å². The van der Waals surface area contributed by atoms with Gasteiger partial charge in [-0.1, -0.05) is 42.1 Å². The van der Waals surface area contributed by atoms with Crippen molar-refractivity contribution in [2.75, 3.05) is 18.9 Å². The maximum absolute atomic E-state index is 3.74. The van der Waals surface area contributed by atoms with E-state index in [9.17, 15) is 0 Å². The van der Waals surface area contributed by atoms with E-state index < -0.39 is 0 Å². The lowest BCUT2D eigenvalue weighted by Gasteiger charge is -2.40. The third kappa shape index (κ3) is 3.74. The summed E-state index contributed by atoms with van der Waals surface area (Å²) >= 11 is 3.74. The zero-order valence-electron chi connectivity index (χ0n) is 10.6. The van der Waals surface area contributed by atoms with E-state index in [4.69, 9.17) is 0 Å². The Morgan fingerprint density at radius 1 is 1.27 bits per heavy atom. The number of hydrogen-bond acceptors (Lipinski definition) is 1. The second-order valence-corrected chi connectivity index (χ2v) is 5.93. The van der Waals surface area contributed by atoms with Crippen molar-refractivity contribution in [1.29, 1.82) is 0 Å². The zero-order chi connectivity index (χ0) is 11.3. The van der Waals surface area contributed by atoms with Crippen molar-refractivity contribution >= 4 is 15.9 Å². The molecule has 0 aromatic heterocycles. The highest BCUT2D eigenvalue weighted by atomic mass is 79.9. The van der Waals surface area contributed by atoms with Crippen molar-refractivity contribution in [3.8, 4) is 0 Å². The van der Waals surface area contributed by atoms with Gasteiger partial charge in [0, 0.05) is 17.9 Å². The van der Waals surface area contributed by atoms with Gasteiger partial charge in [-0.2, -0.15) is 0 Å². The maximum Gasteiger partial charge on any atom is 0.0100 e. The molecule has 90 valence electrons. The molecular formula is C13H26BrN. The van der Waals surface area contributed by atoms with Gasteiger partial charge < -0.3 is 4.90 Å². The summed E-state index contributed by atoms with van der Waals surface area (Å²) < 4.78 is 0. The molecule has 2 heteroatoms. The van der Waals surface area contributed by atoms with E-state index in [1.165, 1.54) is 50.4 Å². The summed E-state index contributed by atoms with van der Waals surface area (Å²) in [6.07, 6.45) is 8.40. The third-order valence-corrected chi connectivity index (χ3v) is 5.32. The van der Waals surface area contributed by atoms with Gasteiger partial charge in [-0.3, -0.25) is 0 Å². The molecule has 1 aliphatic carbocycles. The first-order valence-corrected chi connectivity index (χ1v) is 7.52. The molecule has 1 atom stereocenters. The van der Waals surface area contributed by atoms with Gasteiger partial charge in [0.25, 0.3) is 0 Å². The van der Waals surface area contributed by atoms with Gasteiger partial charge in [-0.05, 0) is 38.6 Å². The number of halogens is 1. The van der Waals surface area contributed by atoms with Gasteiger partial charge in [-0.15, -0.1) is 0 Å². The quantitative estimate of drug-likeness (QED) is 0.684. The number of rotatable bonds is 5. The molecule has 0 aromatic rings. The van der Waals surface area contributed by atoms with E-state index in [1.807, 2.05) is 0 Å².